The first-order chi connectivity index (χ1) is 19.1. The Morgan fingerprint density at radius 2 is 0.850 bits per heavy atom. The minimum atomic E-state index is -1.09. The fraction of sp³-hybridized carbons (Fsp3) is 1.00. The average molecular weight is 582 g/mol. The molecular formula is C26H51N3O11. The van der Waals surface area contributed by atoms with Crippen LogP contribution >= 0.6 is 0 Å². The molecule has 0 amide bonds. The summed E-state index contributed by atoms with van der Waals surface area (Å²) in [6.45, 7) is 2.83. The fourth-order valence-corrected chi connectivity index (χ4v) is 6.19. The van der Waals surface area contributed by atoms with E-state index in [2.05, 4.69) is 0 Å². The fourth-order valence-electron chi connectivity index (χ4n) is 6.19. The molecule has 0 aromatic heterocycles. The number of aliphatic hydroxyl groups excluding tert-OH is 6. The maximum absolute atomic E-state index is 11.0. The Morgan fingerprint density at radius 3 is 1.23 bits per heavy atom. The minimum absolute atomic E-state index is 0.00709. The molecule has 12 N–H and O–H groups in total. The van der Waals surface area contributed by atoms with Gasteiger partial charge in [-0.1, -0.05) is 13.8 Å². The van der Waals surface area contributed by atoms with E-state index in [0.29, 0.717) is 12.8 Å². The van der Waals surface area contributed by atoms with Crippen LogP contribution in [0.1, 0.15) is 26.7 Å². The topological polar surface area (TPSA) is 246 Å². The van der Waals surface area contributed by atoms with Gasteiger partial charge in [0.25, 0.3) is 0 Å². The van der Waals surface area contributed by atoms with Crippen molar-refractivity contribution in [3.05, 3.63) is 0 Å². The Morgan fingerprint density at radius 1 is 0.500 bits per heavy atom. The molecule has 0 saturated carbocycles. The van der Waals surface area contributed by atoms with Crippen LogP contribution in [0.4, 0.5) is 0 Å². The van der Waals surface area contributed by atoms with E-state index in [1.54, 1.807) is 0 Å². The molecule has 0 bridgehead atoms. The lowest BCUT2D eigenvalue weighted by molar-refractivity contribution is -0.207. The van der Waals surface area contributed by atoms with Gasteiger partial charge < -0.3 is 71.5 Å². The number of aliphatic hydroxyl groups is 6. The SMILES string of the molecule is CCC1OC(CO)C(COCC2OC(CO)C(COCC3OC(CO)C(CC)C(O)C3N)C(O)C2N)C(O)C1N. The first kappa shape index (κ1) is 33.9. The standard InChI is InChI=1S/C26H51N3O11/c1-3-12-16(5-30)39-19(22(28)24(12)33)10-37-9-14-18(7-32)40-20(23(29)26(14)35)11-36-8-13-17(6-31)38-15(4-2)21(27)25(13)34/h12-26,30-35H,3-11,27-29H2,1-2H3. The van der Waals surface area contributed by atoms with Crippen molar-refractivity contribution in [3.8, 4) is 0 Å². The molecule has 15 unspecified atom stereocenters. The van der Waals surface area contributed by atoms with Crippen LogP contribution in [0.5, 0.6) is 0 Å². The zero-order valence-electron chi connectivity index (χ0n) is 23.5. The summed E-state index contributed by atoms with van der Waals surface area (Å²) in [6, 6.07) is -2.18. The molecule has 0 aromatic carbocycles. The Labute approximate surface area is 235 Å². The highest BCUT2D eigenvalue weighted by molar-refractivity contribution is 4.97. The van der Waals surface area contributed by atoms with Crippen LogP contribution in [0.25, 0.3) is 0 Å². The van der Waals surface area contributed by atoms with Gasteiger partial charge in [0, 0.05) is 17.8 Å². The summed E-state index contributed by atoms with van der Waals surface area (Å²) < 4.78 is 29.2. The van der Waals surface area contributed by atoms with Crippen LogP contribution in [-0.2, 0) is 23.7 Å². The lowest BCUT2D eigenvalue weighted by atomic mass is 9.84. The highest BCUT2D eigenvalue weighted by Crippen LogP contribution is 2.30. The second-order valence-electron chi connectivity index (χ2n) is 11.3. The summed E-state index contributed by atoms with van der Waals surface area (Å²) in [7, 11) is 0. The van der Waals surface area contributed by atoms with E-state index in [1.165, 1.54) is 0 Å². The maximum atomic E-state index is 11.0. The molecule has 40 heavy (non-hydrogen) atoms. The van der Waals surface area contributed by atoms with E-state index in [4.69, 9.17) is 40.9 Å². The third-order valence-electron chi connectivity index (χ3n) is 8.87. The van der Waals surface area contributed by atoms with Gasteiger partial charge in [0.05, 0.1) is 119 Å². The zero-order valence-corrected chi connectivity index (χ0v) is 23.5. The Balaban J connectivity index is 1.51. The molecule has 3 heterocycles. The van der Waals surface area contributed by atoms with Crippen molar-refractivity contribution in [1.29, 1.82) is 0 Å². The van der Waals surface area contributed by atoms with Gasteiger partial charge in [0.2, 0.25) is 0 Å². The monoisotopic (exact) mass is 581 g/mol. The van der Waals surface area contributed by atoms with Gasteiger partial charge in [-0.05, 0) is 12.8 Å². The van der Waals surface area contributed by atoms with Gasteiger partial charge in [0.1, 0.15) is 0 Å². The molecule has 3 aliphatic rings. The number of ether oxygens (including phenoxy) is 5. The highest BCUT2D eigenvalue weighted by atomic mass is 16.6. The summed E-state index contributed by atoms with van der Waals surface area (Å²) in [5, 5.41) is 61.5. The molecule has 3 rings (SSSR count). The molecule has 0 aromatic rings. The molecule has 14 nitrogen and oxygen atoms in total. The van der Waals surface area contributed by atoms with Gasteiger partial charge in [-0.2, -0.15) is 0 Å². The molecule has 0 aliphatic carbocycles. The van der Waals surface area contributed by atoms with Gasteiger partial charge in [-0.25, -0.2) is 0 Å². The van der Waals surface area contributed by atoms with Crippen molar-refractivity contribution in [3.63, 3.8) is 0 Å². The minimum Gasteiger partial charge on any atom is -0.394 e. The van der Waals surface area contributed by atoms with Gasteiger partial charge in [0.15, 0.2) is 0 Å². The molecule has 236 valence electrons. The van der Waals surface area contributed by atoms with Crippen LogP contribution in [0, 0.1) is 17.8 Å². The van der Waals surface area contributed by atoms with Gasteiger partial charge in [-0.3, -0.25) is 0 Å². The van der Waals surface area contributed by atoms with Crippen molar-refractivity contribution in [2.75, 3.05) is 46.2 Å². The summed E-state index contributed by atoms with van der Waals surface area (Å²) in [4.78, 5) is 0. The number of hydrogen-bond acceptors (Lipinski definition) is 14. The lowest BCUT2D eigenvalue weighted by Gasteiger charge is -2.45. The molecule has 0 radical (unpaired) electrons. The second-order valence-corrected chi connectivity index (χ2v) is 11.3. The van der Waals surface area contributed by atoms with Crippen molar-refractivity contribution < 1.29 is 54.3 Å². The quantitative estimate of drug-likeness (QED) is 0.101. The second kappa shape index (κ2) is 15.8. The van der Waals surface area contributed by atoms with Crippen molar-refractivity contribution in [2.24, 2.45) is 35.0 Å². The smallest absolute Gasteiger partial charge is 0.0989 e. The molecular weight excluding hydrogens is 530 g/mol. The first-order valence-electron chi connectivity index (χ1n) is 14.4. The van der Waals surface area contributed by atoms with E-state index in [-0.39, 0.29) is 51.7 Å². The maximum Gasteiger partial charge on any atom is 0.0989 e. The predicted octanol–water partition coefficient (Wildman–Crippen LogP) is -3.97. The lowest BCUT2D eigenvalue weighted by Crippen LogP contribution is -2.62. The van der Waals surface area contributed by atoms with Gasteiger partial charge in [-0.15, -0.1) is 0 Å². The summed E-state index contributed by atoms with van der Waals surface area (Å²) >= 11 is 0. The van der Waals surface area contributed by atoms with Crippen LogP contribution in [0.3, 0.4) is 0 Å². The molecule has 3 saturated heterocycles. The van der Waals surface area contributed by atoms with Crippen LogP contribution in [0.2, 0.25) is 0 Å². The number of rotatable bonds is 13. The highest BCUT2D eigenvalue weighted by Gasteiger charge is 2.46. The molecule has 0 spiro atoms. The summed E-state index contributed by atoms with van der Waals surface area (Å²) in [5.41, 5.74) is 18.5. The van der Waals surface area contributed by atoms with E-state index >= 15 is 0 Å². The third kappa shape index (κ3) is 7.50. The molecule has 15 atom stereocenters. The molecule has 14 heteroatoms. The van der Waals surface area contributed by atoms with Crippen molar-refractivity contribution in [2.45, 2.75) is 99.8 Å². The Bertz CT molecular complexity index is 736. The molecule has 3 aliphatic heterocycles. The molecule has 3 fully saturated rings. The summed E-state index contributed by atoms with van der Waals surface area (Å²) in [6.07, 6.45) is -5.46. The van der Waals surface area contributed by atoms with E-state index in [1.807, 2.05) is 13.8 Å². The Kier molecular flexibility index (Phi) is 13.4. The largest absolute Gasteiger partial charge is 0.394 e. The first-order valence-corrected chi connectivity index (χ1v) is 14.4. The number of nitrogens with two attached hydrogens (primary N) is 3. The van der Waals surface area contributed by atoms with E-state index in [0.717, 1.165) is 0 Å². The predicted molar refractivity (Wildman–Crippen MR) is 142 cm³/mol. The van der Waals surface area contributed by atoms with Crippen LogP contribution in [0.15, 0.2) is 0 Å². The van der Waals surface area contributed by atoms with Crippen molar-refractivity contribution in [1.82, 2.24) is 0 Å². The van der Waals surface area contributed by atoms with Crippen LogP contribution in [-0.4, -0.2) is 150 Å². The third-order valence-corrected chi connectivity index (χ3v) is 8.87. The Hall–Kier alpha value is -0.560. The van der Waals surface area contributed by atoms with Crippen LogP contribution < -0.4 is 17.2 Å². The normalized spacial score (nSPS) is 46.4. The average Bonchev–Trinajstić information content (AvgIpc) is 2.96. The van der Waals surface area contributed by atoms with Gasteiger partial charge >= 0.3 is 0 Å². The van der Waals surface area contributed by atoms with E-state index in [9.17, 15) is 30.6 Å². The van der Waals surface area contributed by atoms with E-state index < -0.39 is 85.4 Å². The summed E-state index contributed by atoms with van der Waals surface area (Å²) in [5.74, 6) is -1.50. The number of hydrogen-bond donors (Lipinski definition) is 9. The van der Waals surface area contributed by atoms with Crippen molar-refractivity contribution >= 4 is 0 Å². The zero-order chi connectivity index (χ0) is 29.6.